The minimum atomic E-state index is -0.677. The van der Waals surface area contributed by atoms with Gasteiger partial charge in [-0.25, -0.2) is 0 Å². The van der Waals surface area contributed by atoms with Gasteiger partial charge in [-0.05, 0) is 24.5 Å². The summed E-state index contributed by atoms with van der Waals surface area (Å²) >= 11 is 0. The predicted octanol–water partition coefficient (Wildman–Crippen LogP) is 3.08. The summed E-state index contributed by atoms with van der Waals surface area (Å²) in [6.07, 6.45) is 1.27. The summed E-state index contributed by atoms with van der Waals surface area (Å²) in [5.41, 5.74) is 7.99. The maximum atomic E-state index is 6.38. The van der Waals surface area contributed by atoms with Crippen LogP contribution in [0.5, 0.6) is 0 Å². The second-order valence-corrected chi connectivity index (χ2v) is 5.74. The molecule has 3 rings (SSSR count). The third-order valence-electron chi connectivity index (χ3n) is 3.57. The van der Waals surface area contributed by atoms with Gasteiger partial charge in [0.15, 0.2) is 0 Å². The molecule has 0 bridgehead atoms. The quantitative estimate of drug-likeness (QED) is 0.785. The maximum Gasteiger partial charge on any atom is 0.236 e. The number of nitrogens with zero attached hydrogens (tertiary/aromatic N) is 2. The fourth-order valence-electron chi connectivity index (χ4n) is 2.42. The van der Waals surface area contributed by atoms with E-state index >= 15 is 0 Å². The maximum absolute atomic E-state index is 6.38. The van der Waals surface area contributed by atoms with Crippen molar-refractivity contribution >= 4 is 0 Å². The molecule has 0 radical (unpaired) electrons. The van der Waals surface area contributed by atoms with Crippen LogP contribution < -0.4 is 5.73 Å². The molecule has 0 spiro atoms. The zero-order valence-corrected chi connectivity index (χ0v) is 12.6. The molecule has 2 N–H and O–H groups in total. The van der Waals surface area contributed by atoms with E-state index in [1.54, 1.807) is 0 Å². The van der Waals surface area contributed by atoms with E-state index in [0.717, 1.165) is 11.1 Å². The fraction of sp³-hybridized carbons (Fsp3) is 0.222. The van der Waals surface area contributed by atoms with Crippen molar-refractivity contribution in [3.63, 3.8) is 0 Å². The summed E-state index contributed by atoms with van der Waals surface area (Å²) in [5, 5.41) is 8.26. The molecule has 1 atom stereocenters. The van der Waals surface area contributed by atoms with Gasteiger partial charge in [0.1, 0.15) is 0 Å². The molecule has 2 aromatic carbocycles. The first kappa shape index (κ1) is 14.5. The van der Waals surface area contributed by atoms with E-state index in [9.17, 15) is 0 Å². The van der Waals surface area contributed by atoms with Crippen LogP contribution in [0, 0.1) is 0 Å². The van der Waals surface area contributed by atoms with Gasteiger partial charge < -0.3 is 10.2 Å². The minimum Gasteiger partial charge on any atom is -0.423 e. The molecular weight excluding hydrogens is 274 g/mol. The lowest BCUT2D eigenvalue weighted by atomic mass is 9.94. The van der Waals surface area contributed by atoms with Crippen molar-refractivity contribution in [2.75, 3.05) is 0 Å². The lowest BCUT2D eigenvalue weighted by Crippen LogP contribution is -2.35. The Morgan fingerprint density at radius 2 is 1.50 bits per heavy atom. The SMILES string of the molecule is C[C@](N)(Cc1ccccc1)c1nnc(Cc2ccccc2)o1. The van der Waals surface area contributed by atoms with E-state index in [0.29, 0.717) is 24.6 Å². The van der Waals surface area contributed by atoms with Crippen LogP contribution in [0.3, 0.4) is 0 Å². The Bertz CT molecular complexity index is 720. The van der Waals surface area contributed by atoms with Crippen LogP contribution in [-0.2, 0) is 18.4 Å². The monoisotopic (exact) mass is 293 g/mol. The van der Waals surface area contributed by atoms with E-state index in [-0.39, 0.29) is 0 Å². The number of hydrogen-bond donors (Lipinski definition) is 1. The highest BCUT2D eigenvalue weighted by Crippen LogP contribution is 2.22. The molecule has 0 fully saturated rings. The standard InChI is InChI=1S/C18H19N3O/c1-18(19,13-15-10-6-3-7-11-15)17-21-20-16(22-17)12-14-8-4-2-5-9-14/h2-11H,12-13,19H2,1H3/t18-/m0/s1. The van der Waals surface area contributed by atoms with Crippen molar-refractivity contribution < 1.29 is 4.42 Å². The van der Waals surface area contributed by atoms with Gasteiger partial charge in [-0.15, -0.1) is 10.2 Å². The van der Waals surface area contributed by atoms with E-state index in [1.165, 1.54) is 0 Å². The zero-order chi connectivity index (χ0) is 15.4. The number of hydrogen-bond acceptors (Lipinski definition) is 4. The van der Waals surface area contributed by atoms with Gasteiger partial charge in [-0.2, -0.15) is 0 Å². The fourth-order valence-corrected chi connectivity index (χ4v) is 2.42. The Morgan fingerprint density at radius 1 is 0.909 bits per heavy atom. The highest BCUT2D eigenvalue weighted by Gasteiger charge is 2.28. The van der Waals surface area contributed by atoms with Gasteiger partial charge in [-0.3, -0.25) is 0 Å². The van der Waals surface area contributed by atoms with Gasteiger partial charge in [0, 0.05) is 0 Å². The smallest absolute Gasteiger partial charge is 0.236 e. The number of benzene rings is 2. The van der Waals surface area contributed by atoms with E-state index < -0.39 is 5.54 Å². The van der Waals surface area contributed by atoms with Crippen LogP contribution in [0.15, 0.2) is 65.1 Å². The first-order chi connectivity index (χ1) is 10.6. The highest BCUT2D eigenvalue weighted by molar-refractivity contribution is 5.20. The molecule has 0 saturated carbocycles. The first-order valence-corrected chi connectivity index (χ1v) is 7.33. The second kappa shape index (κ2) is 6.12. The van der Waals surface area contributed by atoms with E-state index in [4.69, 9.17) is 10.2 Å². The predicted molar refractivity (Wildman–Crippen MR) is 85.2 cm³/mol. The van der Waals surface area contributed by atoms with Gasteiger partial charge in [0.2, 0.25) is 11.8 Å². The Kier molecular flexibility index (Phi) is 4.02. The molecule has 3 aromatic rings. The minimum absolute atomic E-state index is 0.474. The van der Waals surface area contributed by atoms with Crippen molar-refractivity contribution in [1.82, 2.24) is 10.2 Å². The first-order valence-electron chi connectivity index (χ1n) is 7.33. The van der Waals surface area contributed by atoms with Gasteiger partial charge in [-0.1, -0.05) is 60.7 Å². The number of rotatable bonds is 5. The number of aromatic nitrogens is 2. The summed E-state index contributed by atoms with van der Waals surface area (Å²) in [4.78, 5) is 0. The molecule has 0 saturated heterocycles. The third kappa shape index (κ3) is 3.40. The molecule has 112 valence electrons. The van der Waals surface area contributed by atoms with Crippen molar-refractivity contribution in [3.8, 4) is 0 Å². The molecule has 0 aliphatic heterocycles. The topological polar surface area (TPSA) is 64.9 Å². The molecule has 0 unspecified atom stereocenters. The van der Waals surface area contributed by atoms with Crippen LogP contribution >= 0.6 is 0 Å². The summed E-state index contributed by atoms with van der Waals surface area (Å²) in [5.74, 6) is 1.06. The molecular formula is C18H19N3O. The van der Waals surface area contributed by atoms with Crippen molar-refractivity contribution in [2.45, 2.75) is 25.3 Å². The molecule has 0 aliphatic carbocycles. The van der Waals surface area contributed by atoms with Crippen LogP contribution in [0.4, 0.5) is 0 Å². The van der Waals surface area contributed by atoms with Crippen LogP contribution in [0.2, 0.25) is 0 Å². The largest absolute Gasteiger partial charge is 0.423 e. The lowest BCUT2D eigenvalue weighted by molar-refractivity contribution is 0.339. The Balaban J connectivity index is 1.75. The van der Waals surface area contributed by atoms with Gasteiger partial charge in [0.05, 0.1) is 12.0 Å². The Morgan fingerprint density at radius 3 is 2.14 bits per heavy atom. The summed E-state index contributed by atoms with van der Waals surface area (Å²) in [6.45, 7) is 1.92. The molecule has 4 heteroatoms. The summed E-state index contributed by atoms with van der Waals surface area (Å²) in [6, 6.07) is 20.1. The molecule has 4 nitrogen and oxygen atoms in total. The summed E-state index contributed by atoms with van der Waals surface area (Å²) in [7, 11) is 0. The van der Waals surface area contributed by atoms with Crippen LogP contribution in [0.1, 0.15) is 29.8 Å². The van der Waals surface area contributed by atoms with Crippen LogP contribution in [0.25, 0.3) is 0 Å². The average Bonchev–Trinajstić information content (AvgIpc) is 2.98. The number of nitrogens with two attached hydrogens (primary N) is 1. The molecule has 1 heterocycles. The van der Waals surface area contributed by atoms with Gasteiger partial charge >= 0.3 is 0 Å². The van der Waals surface area contributed by atoms with Crippen molar-refractivity contribution in [1.29, 1.82) is 0 Å². The van der Waals surface area contributed by atoms with E-state index in [1.807, 2.05) is 67.6 Å². The Labute approximate surface area is 130 Å². The molecule has 1 aromatic heterocycles. The molecule has 0 aliphatic rings. The summed E-state index contributed by atoms with van der Waals surface area (Å²) < 4.78 is 5.78. The third-order valence-corrected chi connectivity index (χ3v) is 3.57. The average molecular weight is 293 g/mol. The second-order valence-electron chi connectivity index (χ2n) is 5.74. The van der Waals surface area contributed by atoms with Crippen LogP contribution in [-0.4, -0.2) is 10.2 Å². The zero-order valence-electron chi connectivity index (χ0n) is 12.6. The Hall–Kier alpha value is -2.46. The lowest BCUT2D eigenvalue weighted by Gasteiger charge is -2.20. The van der Waals surface area contributed by atoms with Crippen molar-refractivity contribution in [2.24, 2.45) is 5.73 Å². The van der Waals surface area contributed by atoms with Crippen molar-refractivity contribution in [3.05, 3.63) is 83.6 Å². The highest BCUT2D eigenvalue weighted by atomic mass is 16.4. The van der Waals surface area contributed by atoms with Gasteiger partial charge in [0.25, 0.3) is 0 Å². The molecule has 0 amide bonds. The normalized spacial score (nSPS) is 13.7. The molecule has 22 heavy (non-hydrogen) atoms. The van der Waals surface area contributed by atoms with E-state index in [2.05, 4.69) is 10.2 Å².